The first kappa shape index (κ1) is 22.3. The largest absolute Gasteiger partial charge is 0.406 e. The molecule has 0 atom stereocenters. The van der Waals surface area contributed by atoms with E-state index in [1.54, 1.807) is 43.3 Å². The maximum atomic E-state index is 13.5. The molecule has 1 aliphatic carbocycles. The highest BCUT2D eigenvalue weighted by Gasteiger charge is 2.32. The second-order valence-electron chi connectivity index (χ2n) is 8.45. The van der Waals surface area contributed by atoms with E-state index in [1.807, 2.05) is 25.1 Å². The average molecular weight is 453 g/mol. The smallest absolute Gasteiger partial charge is 0.312 e. The summed E-state index contributed by atoms with van der Waals surface area (Å²) in [5, 5.41) is 4.44. The molecule has 0 saturated heterocycles. The number of nitrogens with zero attached hydrogens (tertiary/aromatic N) is 2. The van der Waals surface area contributed by atoms with Gasteiger partial charge in [-0.2, -0.15) is 9.78 Å². The lowest BCUT2D eigenvalue weighted by Gasteiger charge is -2.12. The highest BCUT2D eigenvalue weighted by Crippen LogP contribution is 2.35. The molecule has 0 aliphatic heterocycles. The number of ether oxygens (including phenoxy) is 1. The number of esters is 1. The summed E-state index contributed by atoms with van der Waals surface area (Å²) in [6.45, 7) is 3.52. The first-order valence-corrected chi connectivity index (χ1v) is 12.5. The van der Waals surface area contributed by atoms with Gasteiger partial charge in [-0.1, -0.05) is 61.6 Å². The number of carbonyl (C=O) groups is 1. The van der Waals surface area contributed by atoms with E-state index < -0.39 is 15.8 Å². The van der Waals surface area contributed by atoms with Crippen LogP contribution in [-0.4, -0.2) is 24.2 Å². The Kier molecular flexibility index (Phi) is 6.46. The lowest BCUT2D eigenvalue weighted by atomic mass is 10.0. The van der Waals surface area contributed by atoms with Crippen molar-refractivity contribution in [1.82, 2.24) is 9.78 Å². The van der Waals surface area contributed by atoms with Crippen molar-refractivity contribution in [3.8, 4) is 11.6 Å². The Morgan fingerprint density at radius 2 is 1.69 bits per heavy atom. The van der Waals surface area contributed by atoms with E-state index in [0.29, 0.717) is 11.6 Å². The number of benzene rings is 2. The van der Waals surface area contributed by atoms with Gasteiger partial charge in [0.05, 0.1) is 16.3 Å². The van der Waals surface area contributed by atoms with Crippen LogP contribution in [0.1, 0.15) is 49.8 Å². The summed E-state index contributed by atoms with van der Waals surface area (Å²) in [6, 6.07) is 15.7. The maximum Gasteiger partial charge on any atom is 0.312 e. The lowest BCUT2D eigenvalue weighted by molar-refractivity contribution is -0.135. The molecule has 7 heteroatoms. The van der Waals surface area contributed by atoms with Crippen molar-refractivity contribution < 1.29 is 17.9 Å². The van der Waals surface area contributed by atoms with Crippen molar-refractivity contribution in [2.24, 2.45) is 5.92 Å². The zero-order chi connectivity index (χ0) is 22.7. The maximum absolute atomic E-state index is 13.5. The van der Waals surface area contributed by atoms with Crippen LogP contribution in [0.4, 0.5) is 0 Å². The molecule has 6 nitrogen and oxygen atoms in total. The molecule has 1 heterocycles. The van der Waals surface area contributed by atoms with Crippen LogP contribution in [0.3, 0.4) is 0 Å². The number of aryl methyl sites for hydroxylation is 2. The van der Waals surface area contributed by atoms with Crippen molar-refractivity contribution in [2.75, 3.05) is 0 Å². The first-order valence-electron chi connectivity index (χ1n) is 11.0. The van der Waals surface area contributed by atoms with E-state index >= 15 is 0 Å². The van der Waals surface area contributed by atoms with Crippen molar-refractivity contribution in [1.29, 1.82) is 0 Å². The predicted octanol–water partition coefficient (Wildman–Crippen LogP) is 5.20. The van der Waals surface area contributed by atoms with E-state index in [1.165, 1.54) is 17.5 Å². The number of carbonyl (C=O) groups excluding carboxylic acids is 1. The number of hydrogen-bond acceptors (Lipinski definition) is 5. The molecular formula is C25H28N2O4S. The standard InChI is InChI=1S/C25H28N2O4S/c1-18-12-15-22(16-13-18)32(29,30)24-19(2)26-27(21-10-4-3-5-11-21)25(24)31-23(28)17-14-20-8-6-7-9-20/h3-5,10-13,15-16,20H,6-9,14,17H2,1-2H3. The zero-order valence-corrected chi connectivity index (χ0v) is 19.3. The van der Waals surface area contributed by atoms with Gasteiger partial charge >= 0.3 is 5.97 Å². The van der Waals surface area contributed by atoms with Gasteiger partial charge in [0.15, 0.2) is 4.90 Å². The van der Waals surface area contributed by atoms with Crippen LogP contribution in [0.2, 0.25) is 0 Å². The first-order chi connectivity index (χ1) is 15.4. The molecule has 2 aromatic carbocycles. The van der Waals surface area contributed by atoms with Crippen LogP contribution < -0.4 is 4.74 Å². The van der Waals surface area contributed by atoms with Gasteiger partial charge in [-0.3, -0.25) is 4.79 Å². The molecule has 32 heavy (non-hydrogen) atoms. The molecule has 0 bridgehead atoms. The quantitative estimate of drug-likeness (QED) is 0.461. The minimum Gasteiger partial charge on any atom is -0.406 e. The van der Waals surface area contributed by atoms with Crippen LogP contribution in [0.15, 0.2) is 64.4 Å². The summed E-state index contributed by atoms with van der Waals surface area (Å²) in [5.74, 6) is 0.0547. The van der Waals surface area contributed by atoms with E-state index in [0.717, 1.165) is 24.8 Å². The molecule has 1 aliphatic rings. The molecule has 4 rings (SSSR count). The van der Waals surface area contributed by atoms with Crippen LogP contribution in [0.5, 0.6) is 5.88 Å². The topological polar surface area (TPSA) is 78.3 Å². The molecule has 0 amide bonds. The summed E-state index contributed by atoms with van der Waals surface area (Å²) in [7, 11) is -3.94. The van der Waals surface area contributed by atoms with Gasteiger partial charge in [0.1, 0.15) is 0 Å². The van der Waals surface area contributed by atoms with Crippen LogP contribution in [0.25, 0.3) is 5.69 Å². The lowest BCUT2D eigenvalue weighted by Crippen LogP contribution is -2.15. The fourth-order valence-corrected chi connectivity index (χ4v) is 5.77. The Morgan fingerprint density at radius 1 is 1.03 bits per heavy atom. The highest BCUT2D eigenvalue weighted by atomic mass is 32.2. The minimum atomic E-state index is -3.94. The van der Waals surface area contributed by atoms with Gasteiger partial charge in [0.2, 0.25) is 15.7 Å². The van der Waals surface area contributed by atoms with Crippen molar-refractivity contribution >= 4 is 15.8 Å². The Morgan fingerprint density at radius 3 is 2.34 bits per heavy atom. The normalized spacial score (nSPS) is 14.6. The monoisotopic (exact) mass is 452 g/mol. The van der Waals surface area contributed by atoms with Crippen molar-refractivity contribution in [2.45, 2.75) is 62.2 Å². The summed E-state index contributed by atoms with van der Waals surface area (Å²) >= 11 is 0. The van der Waals surface area contributed by atoms with Crippen LogP contribution >= 0.6 is 0 Å². The summed E-state index contributed by atoms with van der Waals surface area (Å²) in [6.07, 6.45) is 5.71. The Balaban J connectivity index is 1.73. The van der Waals surface area contributed by atoms with Gasteiger partial charge < -0.3 is 4.74 Å². The SMILES string of the molecule is Cc1ccc(S(=O)(=O)c2c(C)nn(-c3ccccc3)c2OC(=O)CCC2CCCC2)cc1. The van der Waals surface area contributed by atoms with Gasteiger partial charge in [0.25, 0.3) is 0 Å². The highest BCUT2D eigenvalue weighted by molar-refractivity contribution is 7.91. The molecule has 3 aromatic rings. The number of para-hydroxylation sites is 1. The molecule has 0 spiro atoms. The van der Waals surface area contributed by atoms with E-state index in [4.69, 9.17) is 4.74 Å². The average Bonchev–Trinajstić information content (AvgIpc) is 3.41. The third-order valence-electron chi connectivity index (χ3n) is 6.01. The van der Waals surface area contributed by atoms with Crippen molar-refractivity contribution in [3.05, 3.63) is 65.9 Å². The van der Waals surface area contributed by atoms with Crippen molar-refractivity contribution in [3.63, 3.8) is 0 Å². The second-order valence-corrected chi connectivity index (χ2v) is 10.3. The van der Waals surface area contributed by atoms with Gasteiger partial charge in [-0.05, 0) is 50.5 Å². The molecule has 1 aromatic heterocycles. The number of hydrogen-bond donors (Lipinski definition) is 0. The fourth-order valence-electron chi connectivity index (χ4n) is 4.25. The Labute approximate surface area is 189 Å². The Bertz CT molecular complexity index is 1190. The molecule has 0 radical (unpaired) electrons. The molecule has 0 unspecified atom stereocenters. The summed E-state index contributed by atoms with van der Waals surface area (Å²) < 4.78 is 34.2. The van der Waals surface area contributed by atoms with E-state index in [9.17, 15) is 13.2 Å². The third-order valence-corrected chi connectivity index (χ3v) is 7.91. The zero-order valence-electron chi connectivity index (χ0n) is 18.5. The van der Waals surface area contributed by atoms with Gasteiger partial charge in [-0.25, -0.2) is 8.42 Å². The fraction of sp³-hybridized carbons (Fsp3) is 0.360. The number of rotatable bonds is 7. The number of sulfone groups is 1. The number of aromatic nitrogens is 2. The van der Waals surface area contributed by atoms with Gasteiger partial charge in [-0.15, -0.1) is 0 Å². The minimum absolute atomic E-state index is 0.0503. The Hall–Kier alpha value is -2.93. The molecule has 168 valence electrons. The molecular weight excluding hydrogens is 424 g/mol. The van der Waals surface area contributed by atoms with Crippen LogP contribution in [-0.2, 0) is 14.6 Å². The van der Waals surface area contributed by atoms with Gasteiger partial charge in [0, 0.05) is 6.42 Å². The van der Waals surface area contributed by atoms with Crippen LogP contribution in [0, 0.1) is 19.8 Å². The van der Waals surface area contributed by atoms with E-state index in [2.05, 4.69) is 5.10 Å². The van der Waals surface area contributed by atoms with E-state index in [-0.39, 0.29) is 27.8 Å². The predicted molar refractivity (Wildman–Crippen MR) is 122 cm³/mol. The molecule has 1 fully saturated rings. The third kappa shape index (κ3) is 4.63. The second kappa shape index (κ2) is 9.28. The molecule has 0 N–H and O–H groups in total. The summed E-state index contributed by atoms with van der Waals surface area (Å²) in [4.78, 5) is 12.8. The molecule has 1 saturated carbocycles. The summed E-state index contributed by atoms with van der Waals surface area (Å²) in [5.41, 5.74) is 1.87.